The van der Waals surface area contributed by atoms with Gasteiger partial charge in [-0.1, -0.05) is 10.6 Å². The lowest BCUT2D eigenvalue weighted by Crippen LogP contribution is -2.31. The van der Waals surface area contributed by atoms with E-state index < -0.39 is 0 Å². The normalized spacial score (nSPS) is 15.8. The summed E-state index contributed by atoms with van der Waals surface area (Å²) in [6, 6.07) is 5.29. The van der Waals surface area contributed by atoms with Gasteiger partial charge in [0.1, 0.15) is 5.52 Å². The first kappa shape index (κ1) is 10.3. The summed E-state index contributed by atoms with van der Waals surface area (Å²) in [5.41, 5.74) is 1.22. The predicted octanol–water partition coefficient (Wildman–Crippen LogP) is 1.45. The molecule has 0 aliphatic carbocycles. The van der Waals surface area contributed by atoms with Crippen LogP contribution in [0.15, 0.2) is 18.2 Å². The van der Waals surface area contributed by atoms with Crippen molar-refractivity contribution >= 4 is 33.6 Å². The first-order valence-corrected chi connectivity index (χ1v) is 6.10. The molecule has 0 saturated carbocycles. The molecular formula is C11H9N3O2S. The monoisotopic (exact) mass is 247 g/mol. The average molecular weight is 247 g/mol. The van der Waals surface area contributed by atoms with E-state index in [4.69, 9.17) is 0 Å². The number of amides is 2. The van der Waals surface area contributed by atoms with E-state index in [0.717, 1.165) is 11.1 Å². The maximum Gasteiger partial charge on any atom is 0.262 e. The quantitative estimate of drug-likeness (QED) is 0.715. The molecule has 1 fully saturated rings. The van der Waals surface area contributed by atoms with Gasteiger partial charge >= 0.3 is 0 Å². The minimum absolute atomic E-state index is 0.0931. The van der Waals surface area contributed by atoms with Gasteiger partial charge in [-0.3, -0.25) is 14.5 Å². The fourth-order valence-electron chi connectivity index (χ4n) is 1.98. The molecule has 6 heteroatoms. The molecule has 2 heterocycles. The van der Waals surface area contributed by atoms with Crippen LogP contribution in [0.1, 0.15) is 23.2 Å². The summed E-state index contributed by atoms with van der Waals surface area (Å²) in [5.74, 6) is -0.325. The van der Waals surface area contributed by atoms with Crippen molar-refractivity contribution in [2.45, 2.75) is 12.8 Å². The summed E-state index contributed by atoms with van der Waals surface area (Å²) >= 11 is 1.18. The minimum Gasteiger partial charge on any atom is -0.278 e. The number of rotatable bonds is 1. The molecule has 1 aliphatic heterocycles. The molecule has 0 radical (unpaired) electrons. The van der Waals surface area contributed by atoms with Crippen LogP contribution in [-0.4, -0.2) is 32.8 Å². The van der Waals surface area contributed by atoms with Crippen LogP contribution in [0, 0.1) is 0 Å². The van der Waals surface area contributed by atoms with Crippen LogP contribution in [0.3, 0.4) is 0 Å². The van der Waals surface area contributed by atoms with E-state index in [2.05, 4.69) is 9.59 Å². The Balaban J connectivity index is 2.06. The predicted molar refractivity (Wildman–Crippen MR) is 62.7 cm³/mol. The van der Waals surface area contributed by atoms with Gasteiger partial charge in [0.05, 0.1) is 10.3 Å². The Morgan fingerprint density at radius 3 is 3.06 bits per heavy atom. The topological polar surface area (TPSA) is 63.2 Å². The summed E-state index contributed by atoms with van der Waals surface area (Å²) in [6.07, 6.45) is 1.21. The number of aromatic nitrogens is 2. The van der Waals surface area contributed by atoms with Gasteiger partial charge in [0.25, 0.3) is 5.91 Å². The molecule has 1 saturated heterocycles. The smallest absolute Gasteiger partial charge is 0.262 e. The third-order valence-corrected chi connectivity index (χ3v) is 3.60. The Morgan fingerprint density at radius 1 is 1.41 bits per heavy atom. The van der Waals surface area contributed by atoms with E-state index in [0.29, 0.717) is 24.0 Å². The number of imide groups is 1. The number of hydrogen-bond acceptors (Lipinski definition) is 5. The number of nitrogens with zero attached hydrogens (tertiary/aromatic N) is 3. The zero-order chi connectivity index (χ0) is 11.8. The average Bonchev–Trinajstić information content (AvgIpc) is 2.95. The second-order valence-electron chi connectivity index (χ2n) is 3.88. The lowest BCUT2D eigenvalue weighted by molar-refractivity contribution is -0.125. The summed E-state index contributed by atoms with van der Waals surface area (Å²) < 4.78 is 4.57. The van der Waals surface area contributed by atoms with E-state index >= 15 is 0 Å². The Hall–Kier alpha value is -1.82. The maximum absolute atomic E-state index is 12.2. The molecule has 5 nitrogen and oxygen atoms in total. The molecule has 1 aliphatic rings. The first-order chi connectivity index (χ1) is 8.27. The first-order valence-electron chi connectivity index (χ1n) is 5.33. The Kier molecular flexibility index (Phi) is 2.36. The van der Waals surface area contributed by atoms with Crippen molar-refractivity contribution in [3.05, 3.63) is 23.8 Å². The molecule has 0 bridgehead atoms. The van der Waals surface area contributed by atoms with Gasteiger partial charge in [-0.15, -0.1) is 5.10 Å². The van der Waals surface area contributed by atoms with Gasteiger partial charge in [-0.25, -0.2) is 0 Å². The van der Waals surface area contributed by atoms with Crippen molar-refractivity contribution in [3.63, 3.8) is 0 Å². The van der Waals surface area contributed by atoms with Crippen LogP contribution >= 0.6 is 11.5 Å². The van der Waals surface area contributed by atoms with E-state index in [1.54, 1.807) is 18.2 Å². The largest absolute Gasteiger partial charge is 0.278 e. The summed E-state index contributed by atoms with van der Waals surface area (Å²) in [5, 5.41) is 3.92. The highest BCUT2D eigenvalue weighted by Gasteiger charge is 2.28. The SMILES string of the molecule is O=C1CCCN1C(=O)c1cccc2nnsc12. The lowest BCUT2D eigenvalue weighted by Gasteiger charge is -2.13. The molecule has 2 aromatic rings. The van der Waals surface area contributed by atoms with E-state index in [-0.39, 0.29) is 11.8 Å². The summed E-state index contributed by atoms with van der Waals surface area (Å²) in [4.78, 5) is 25.1. The second-order valence-corrected chi connectivity index (χ2v) is 4.63. The second kappa shape index (κ2) is 3.89. The number of carbonyl (C=O) groups excluding carboxylic acids is 2. The molecule has 0 atom stereocenters. The summed E-state index contributed by atoms with van der Waals surface area (Å²) in [7, 11) is 0. The van der Waals surface area contributed by atoms with Crippen LogP contribution in [0.4, 0.5) is 0 Å². The van der Waals surface area contributed by atoms with Gasteiger partial charge in [0, 0.05) is 13.0 Å². The highest BCUT2D eigenvalue weighted by atomic mass is 32.1. The zero-order valence-electron chi connectivity index (χ0n) is 8.92. The van der Waals surface area contributed by atoms with Crippen LogP contribution in [0.5, 0.6) is 0 Å². The van der Waals surface area contributed by atoms with Crippen LogP contribution in [-0.2, 0) is 4.79 Å². The van der Waals surface area contributed by atoms with Gasteiger partial charge in [0.2, 0.25) is 5.91 Å². The van der Waals surface area contributed by atoms with E-state index in [1.807, 2.05) is 0 Å². The highest BCUT2D eigenvalue weighted by Crippen LogP contribution is 2.23. The lowest BCUT2D eigenvalue weighted by atomic mass is 10.2. The number of likely N-dealkylation sites (tertiary alicyclic amines) is 1. The molecule has 86 valence electrons. The molecule has 0 unspecified atom stereocenters. The summed E-state index contributed by atoms with van der Waals surface area (Å²) in [6.45, 7) is 0.514. The van der Waals surface area contributed by atoms with Gasteiger partial charge in [-0.2, -0.15) is 0 Å². The van der Waals surface area contributed by atoms with Gasteiger partial charge in [-0.05, 0) is 30.1 Å². The molecular weight excluding hydrogens is 238 g/mol. The Labute approximate surface area is 101 Å². The minimum atomic E-state index is -0.232. The Morgan fingerprint density at radius 2 is 2.29 bits per heavy atom. The van der Waals surface area contributed by atoms with E-state index in [1.165, 1.54) is 16.4 Å². The van der Waals surface area contributed by atoms with Crippen molar-refractivity contribution in [3.8, 4) is 0 Å². The van der Waals surface area contributed by atoms with Gasteiger partial charge in [0.15, 0.2) is 0 Å². The molecule has 0 N–H and O–H groups in total. The molecule has 0 spiro atoms. The fraction of sp³-hybridized carbons (Fsp3) is 0.273. The van der Waals surface area contributed by atoms with Crippen molar-refractivity contribution in [1.82, 2.24) is 14.5 Å². The van der Waals surface area contributed by atoms with E-state index in [9.17, 15) is 9.59 Å². The molecule has 2 amide bonds. The fourth-order valence-corrected chi connectivity index (χ4v) is 2.65. The molecule has 17 heavy (non-hydrogen) atoms. The number of benzene rings is 1. The number of fused-ring (bicyclic) bond motifs is 1. The van der Waals surface area contributed by atoms with Crippen LogP contribution in [0.25, 0.3) is 10.2 Å². The molecule has 1 aromatic carbocycles. The number of carbonyl (C=O) groups is 2. The van der Waals surface area contributed by atoms with Crippen LogP contribution in [0.2, 0.25) is 0 Å². The van der Waals surface area contributed by atoms with Gasteiger partial charge < -0.3 is 0 Å². The Bertz CT molecular complexity index is 608. The van der Waals surface area contributed by atoms with Crippen molar-refractivity contribution in [2.75, 3.05) is 6.54 Å². The zero-order valence-corrected chi connectivity index (χ0v) is 9.74. The number of hydrogen-bond donors (Lipinski definition) is 0. The standard InChI is InChI=1S/C11H9N3O2S/c15-9-5-2-6-14(9)11(16)7-3-1-4-8-10(7)17-13-12-8/h1,3-4H,2,5-6H2. The van der Waals surface area contributed by atoms with Crippen molar-refractivity contribution in [2.24, 2.45) is 0 Å². The van der Waals surface area contributed by atoms with Crippen molar-refractivity contribution in [1.29, 1.82) is 0 Å². The maximum atomic E-state index is 12.2. The van der Waals surface area contributed by atoms with Crippen molar-refractivity contribution < 1.29 is 9.59 Å². The van der Waals surface area contributed by atoms with Crippen LogP contribution < -0.4 is 0 Å². The third-order valence-electron chi connectivity index (χ3n) is 2.82. The molecule has 1 aromatic heterocycles. The highest BCUT2D eigenvalue weighted by molar-refractivity contribution is 7.13. The third kappa shape index (κ3) is 1.61. The molecule has 3 rings (SSSR count).